The van der Waals surface area contributed by atoms with Crippen molar-refractivity contribution in [3.63, 3.8) is 0 Å². The van der Waals surface area contributed by atoms with Gasteiger partial charge in [-0.3, -0.25) is 4.90 Å². The van der Waals surface area contributed by atoms with E-state index in [0.29, 0.717) is 30.6 Å². The smallest absolute Gasteiger partial charge is 0.246 e. The Morgan fingerprint density at radius 3 is 2.53 bits per heavy atom. The Balaban J connectivity index is 0.00000289. The number of aryl methyl sites for hydroxylation is 1. The fourth-order valence-corrected chi connectivity index (χ4v) is 6.70. The first-order chi connectivity index (χ1) is 15.0. The van der Waals surface area contributed by atoms with Gasteiger partial charge in [-0.05, 0) is 54.5 Å². The number of methoxy groups -OCH3 is 2. The summed E-state index contributed by atoms with van der Waals surface area (Å²) in [5.41, 5.74) is 4.53. The van der Waals surface area contributed by atoms with E-state index in [1.165, 1.54) is 37.3 Å². The lowest BCUT2D eigenvalue weighted by atomic mass is 9.93. The molecular weight excluding hydrogens is 448 g/mol. The zero-order valence-electron chi connectivity index (χ0n) is 19.0. The summed E-state index contributed by atoms with van der Waals surface area (Å²) >= 11 is 0. The largest absolute Gasteiger partial charge is 0.497 e. The van der Waals surface area contributed by atoms with Gasteiger partial charge in [-0.2, -0.15) is 4.31 Å². The van der Waals surface area contributed by atoms with Crippen molar-refractivity contribution < 1.29 is 17.9 Å². The lowest BCUT2D eigenvalue weighted by Crippen LogP contribution is -2.38. The average molecular weight is 481 g/mol. The zero-order chi connectivity index (χ0) is 22.0. The van der Waals surface area contributed by atoms with Crippen molar-refractivity contribution >= 4 is 22.4 Å². The van der Waals surface area contributed by atoms with E-state index < -0.39 is 10.0 Å². The Kier molecular flexibility index (Phi) is 8.09. The highest BCUT2D eigenvalue weighted by Gasteiger charge is 2.33. The van der Waals surface area contributed by atoms with Crippen LogP contribution in [0.2, 0.25) is 0 Å². The second-order valence-electron chi connectivity index (χ2n) is 8.20. The Bertz CT molecular complexity index is 1040. The van der Waals surface area contributed by atoms with Crippen LogP contribution < -0.4 is 9.47 Å². The topological polar surface area (TPSA) is 59.1 Å². The van der Waals surface area contributed by atoms with Gasteiger partial charge >= 0.3 is 0 Å². The lowest BCUT2D eigenvalue weighted by Gasteiger charge is -2.35. The predicted molar refractivity (Wildman–Crippen MR) is 129 cm³/mol. The molecule has 1 aliphatic heterocycles. The normalized spacial score (nSPS) is 17.7. The van der Waals surface area contributed by atoms with Gasteiger partial charge in [-0.1, -0.05) is 25.1 Å². The van der Waals surface area contributed by atoms with Crippen molar-refractivity contribution in [3.8, 4) is 11.5 Å². The molecule has 2 aliphatic rings. The fourth-order valence-electron chi connectivity index (χ4n) is 5.04. The van der Waals surface area contributed by atoms with Gasteiger partial charge in [0.15, 0.2) is 0 Å². The number of rotatable bonds is 9. The zero-order valence-corrected chi connectivity index (χ0v) is 20.7. The van der Waals surface area contributed by atoms with Gasteiger partial charge in [0.25, 0.3) is 0 Å². The highest BCUT2D eigenvalue weighted by atomic mass is 35.5. The molecule has 0 aromatic heterocycles. The Labute approximate surface area is 198 Å². The molecule has 176 valence electrons. The van der Waals surface area contributed by atoms with Crippen molar-refractivity contribution in [1.82, 2.24) is 9.21 Å². The van der Waals surface area contributed by atoms with Gasteiger partial charge in [0, 0.05) is 38.3 Å². The first-order valence-electron chi connectivity index (χ1n) is 11.1. The van der Waals surface area contributed by atoms with Gasteiger partial charge in [-0.15, -0.1) is 12.4 Å². The number of hydrogen-bond donors (Lipinski definition) is 0. The summed E-state index contributed by atoms with van der Waals surface area (Å²) in [7, 11) is -0.661. The van der Waals surface area contributed by atoms with Gasteiger partial charge in [0.1, 0.15) is 16.4 Å². The lowest BCUT2D eigenvalue weighted by molar-refractivity contribution is 0.179. The fraction of sp³-hybridized carbons (Fsp3) is 0.500. The van der Waals surface area contributed by atoms with E-state index in [4.69, 9.17) is 9.47 Å². The van der Waals surface area contributed by atoms with Crippen LogP contribution >= 0.6 is 12.4 Å². The number of halogens is 1. The molecule has 1 aliphatic carbocycles. The van der Waals surface area contributed by atoms with Crippen molar-refractivity contribution in [3.05, 3.63) is 53.1 Å². The van der Waals surface area contributed by atoms with Crippen LogP contribution in [0.4, 0.5) is 0 Å². The van der Waals surface area contributed by atoms with Crippen LogP contribution in [-0.2, 0) is 22.9 Å². The predicted octanol–water partition coefficient (Wildman–Crippen LogP) is 4.07. The molecule has 2 aromatic rings. The number of sulfonamides is 1. The van der Waals surface area contributed by atoms with Gasteiger partial charge in [0.2, 0.25) is 10.0 Å². The number of ether oxygens (including phenoxy) is 2. The second-order valence-corrected chi connectivity index (χ2v) is 10.1. The molecule has 0 radical (unpaired) electrons. The molecule has 8 heteroatoms. The molecule has 0 saturated heterocycles. The number of benzene rings is 2. The van der Waals surface area contributed by atoms with Crippen LogP contribution in [0.5, 0.6) is 11.5 Å². The summed E-state index contributed by atoms with van der Waals surface area (Å²) in [5.74, 6) is 0.838. The molecule has 0 amide bonds. The van der Waals surface area contributed by atoms with E-state index in [9.17, 15) is 8.42 Å². The molecule has 0 N–H and O–H groups in total. The van der Waals surface area contributed by atoms with Crippen molar-refractivity contribution in [2.75, 3.05) is 40.4 Å². The number of nitrogens with zero attached hydrogens (tertiary/aromatic N) is 2. The Morgan fingerprint density at radius 2 is 1.84 bits per heavy atom. The van der Waals surface area contributed by atoms with Crippen LogP contribution in [0, 0.1) is 0 Å². The summed E-state index contributed by atoms with van der Waals surface area (Å²) < 4.78 is 38.8. The quantitative estimate of drug-likeness (QED) is 0.541. The molecule has 0 spiro atoms. The third kappa shape index (κ3) is 4.62. The molecule has 1 unspecified atom stereocenters. The maximum atomic E-state index is 13.4. The summed E-state index contributed by atoms with van der Waals surface area (Å²) in [6.45, 7) is 4.73. The second kappa shape index (κ2) is 10.4. The first-order valence-corrected chi connectivity index (χ1v) is 12.5. The Hall–Kier alpha value is -1.80. The Morgan fingerprint density at radius 1 is 1.09 bits per heavy atom. The molecule has 4 rings (SSSR count). The van der Waals surface area contributed by atoms with Crippen LogP contribution in [0.1, 0.15) is 42.5 Å². The average Bonchev–Trinajstić information content (AvgIpc) is 3.23. The monoisotopic (exact) mass is 480 g/mol. The molecule has 32 heavy (non-hydrogen) atoms. The molecule has 1 atom stereocenters. The van der Waals surface area contributed by atoms with Crippen molar-refractivity contribution in [2.45, 2.75) is 43.5 Å². The maximum absolute atomic E-state index is 13.4. The molecule has 1 heterocycles. The minimum absolute atomic E-state index is 0. The molecule has 6 nitrogen and oxygen atoms in total. The molecule has 0 fully saturated rings. The van der Waals surface area contributed by atoms with Crippen LogP contribution in [0.3, 0.4) is 0 Å². The van der Waals surface area contributed by atoms with E-state index in [-0.39, 0.29) is 17.3 Å². The summed E-state index contributed by atoms with van der Waals surface area (Å²) in [6, 6.07) is 12.1. The first kappa shape index (κ1) is 24.8. The maximum Gasteiger partial charge on any atom is 0.246 e. The van der Waals surface area contributed by atoms with Crippen molar-refractivity contribution in [1.29, 1.82) is 0 Å². The molecular formula is C24H33ClN2O4S. The standard InChI is InChI=1S/C24H32N2O4S.ClH/c1-4-26(31(27,28)23-17-20(29-2)10-12-22(23)30-3)15-6-14-25-16-13-19-8-5-7-18-9-11-21(25)24(18)19;/h5,7-8,10,12,17,21H,4,6,9,11,13-16H2,1-3H3;1H. The minimum atomic E-state index is -3.68. The number of hydrogen-bond acceptors (Lipinski definition) is 5. The van der Waals surface area contributed by atoms with Crippen LogP contribution in [0.25, 0.3) is 0 Å². The third-order valence-corrected chi connectivity index (χ3v) is 8.61. The molecule has 0 saturated carbocycles. The van der Waals surface area contributed by atoms with E-state index in [1.54, 1.807) is 22.5 Å². The van der Waals surface area contributed by atoms with Crippen LogP contribution in [-0.4, -0.2) is 58.0 Å². The highest BCUT2D eigenvalue weighted by molar-refractivity contribution is 7.89. The highest BCUT2D eigenvalue weighted by Crippen LogP contribution is 2.41. The third-order valence-electron chi connectivity index (χ3n) is 6.61. The van der Waals surface area contributed by atoms with Crippen molar-refractivity contribution in [2.24, 2.45) is 0 Å². The van der Waals surface area contributed by atoms with E-state index in [1.807, 2.05) is 6.92 Å². The molecule has 2 aromatic carbocycles. The van der Waals surface area contributed by atoms with E-state index >= 15 is 0 Å². The summed E-state index contributed by atoms with van der Waals surface area (Å²) in [4.78, 5) is 2.70. The van der Waals surface area contributed by atoms with E-state index in [0.717, 1.165) is 32.4 Å². The van der Waals surface area contributed by atoms with Gasteiger partial charge in [-0.25, -0.2) is 8.42 Å². The molecule has 0 bridgehead atoms. The minimum Gasteiger partial charge on any atom is -0.497 e. The SMILES string of the molecule is CCN(CCCN1CCc2cccc3c2C1CC3)S(=O)(=O)c1cc(OC)ccc1OC.Cl. The van der Waals surface area contributed by atoms with Gasteiger partial charge < -0.3 is 9.47 Å². The van der Waals surface area contributed by atoms with Gasteiger partial charge in [0.05, 0.1) is 14.2 Å². The van der Waals surface area contributed by atoms with Crippen LogP contribution in [0.15, 0.2) is 41.3 Å². The van der Waals surface area contributed by atoms with E-state index in [2.05, 4.69) is 23.1 Å². The summed E-state index contributed by atoms with van der Waals surface area (Å²) in [5, 5.41) is 0. The summed E-state index contributed by atoms with van der Waals surface area (Å²) in [6.07, 6.45) is 4.20.